The lowest BCUT2D eigenvalue weighted by Gasteiger charge is -2.14. The summed E-state index contributed by atoms with van der Waals surface area (Å²) in [5.41, 5.74) is 0. The molecule has 0 heterocycles. The van der Waals surface area contributed by atoms with Crippen molar-refractivity contribution < 1.29 is 4.57 Å². The van der Waals surface area contributed by atoms with E-state index in [0.717, 1.165) is 59.4 Å². The zero-order valence-corrected chi connectivity index (χ0v) is 23.4. The quantitative estimate of drug-likeness (QED) is 0.288. The third kappa shape index (κ3) is 6.28. The van der Waals surface area contributed by atoms with Crippen molar-refractivity contribution in [2.75, 3.05) is 0 Å². The van der Waals surface area contributed by atoms with E-state index in [1.54, 1.807) is 0 Å². The summed E-state index contributed by atoms with van der Waals surface area (Å²) in [5.74, 6) is 0. The summed E-state index contributed by atoms with van der Waals surface area (Å²) in [7, 11) is 0. The van der Waals surface area contributed by atoms with E-state index in [4.69, 9.17) is 11.2 Å². The van der Waals surface area contributed by atoms with Gasteiger partial charge in [0.2, 0.25) is 0 Å². The summed E-state index contributed by atoms with van der Waals surface area (Å²) in [5, 5.41) is 0. The van der Waals surface area contributed by atoms with Crippen LogP contribution in [-0.4, -0.2) is 0 Å². The van der Waals surface area contributed by atoms with Crippen molar-refractivity contribution in [2.24, 2.45) is 0 Å². The van der Waals surface area contributed by atoms with Crippen LogP contribution in [0.15, 0.2) is 60.9 Å². The molecule has 2 aromatic rings. The lowest BCUT2D eigenvalue weighted by atomic mass is 10.4. The molecule has 2 aromatic carbocycles. The van der Waals surface area contributed by atoms with Crippen LogP contribution in [0.2, 0.25) is 0 Å². The van der Waals surface area contributed by atoms with E-state index in [0.29, 0.717) is 0 Å². The Kier molecular flexibility index (Phi) is 8.69. The van der Waals surface area contributed by atoms with E-state index in [-0.39, 0.29) is 0 Å². The minimum Gasteiger partial charge on any atom is -0.282 e. The zero-order chi connectivity index (χ0) is 17.4. The van der Waals surface area contributed by atoms with Gasteiger partial charge in [0, 0.05) is 36.6 Å². The largest absolute Gasteiger partial charge is 0.284 e. The molecule has 0 aliphatic rings. The molecule has 0 aromatic heterocycles. The second-order valence-corrected chi connectivity index (χ2v) is 18.8. The summed E-state index contributed by atoms with van der Waals surface area (Å²) < 4.78 is 18.0. The van der Waals surface area contributed by atoms with Crippen molar-refractivity contribution >= 4 is 134 Å². The summed E-state index contributed by atoms with van der Waals surface area (Å²) in [6, 6.07) is 7.56. The lowest BCUT2D eigenvalue weighted by molar-refractivity contribution is 0.601. The first kappa shape index (κ1) is 21.8. The Labute approximate surface area is 197 Å². The maximum atomic E-state index is 12.9. The van der Waals surface area contributed by atoms with Gasteiger partial charge in [-0.15, -0.1) is 0 Å². The first-order chi connectivity index (χ1) is 10.6. The van der Waals surface area contributed by atoms with E-state index in [9.17, 15) is 4.57 Å². The molecular weight excluding hydrogens is 770 g/mol. The molecule has 1 nitrogen and oxygen atoms in total. The van der Waals surface area contributed by atoms with Gasteiger partial charge in [0.15, 0.2) is 0 Å². The van der Waals surface area contributed by atoms with Crippen LogP contribution >= 0.6 is 134 Å². The molecule has 0 saturated carbocycles. The summed E-state index contributed by atoms with van der Waals surface area (Å²) in [6.45, 7) is 0. The van der Waals surface area contributed by atoms with Gasteiger partial charge in [-0.25, -0.2) is 0 Å². The van der Waals surface area contributed by atoms with Crippen molar-refractivity contribution in [3.63, 3.8) is 0 Å². The Morgan fingerprint density at radius 2 is 0.957 bits per heavy atom. The van der Waals surface area contributed by atoms with Crippen LogP contribution in [0.25, 0.3) is 0 Å². The lowest BCUT2D eigenvalue weighted by Crippen LogP contribution is -1.80. The van der Waals surface area contributed by atoms with Crippen LogP contribution < -0.4 is 0 Å². The van der Waals surface area contributed by atoms with Crippen molar-refractivity contribution in [3.8, 4) is 0 Å². The molecular formula is C12H4Br6ClOPS2. The predicted molar refractivity (Wildman–Crippen MR) is 124 cm³/mol. The molecule has 0 unspecified atom stereocenters. The summed E-state index contributed by atoms with van der Waals surface area (Å²) >= 11 is 29.4. The monoisotopic (exact) mass is 767 g/mol. The zero-order valence-electron chi connectivity index (χ0n) is 10.6. The predicted octanol–water partition coefficient (Wildman–Crippen LogP) is 10.5. The fourth-order valence-electron chi connectivity index (χ4n) is 1.47. The number of halogens is 7. The van der Waals surface area contributed by atoms with Gasteiger partial charge in [0.25, 0.3) is 4.90 Å². The first-order valence-electron chi connectivity index (χ1n) is 5.57. The van der Waals surface area contributed by atoms with E-state index in [1.807, 2.05) is 24.3 Å². The standard InChI is InChI=1S/C12H4Br6ClOPS2/c13-5-1-7(15)11(8(16)2-5)22-21(19,20)23-12-9(17)3-6(14)4-10(12)18/h1-4H. The number of benzene rings is 2. The van der Waals surface area contributed by atoms with E-state index in [1.165, 1.54) is 0 Å². The van der Waals surface area contributed by atoms with Gasteiger partial charge in [-0.2, -0.15) is 0 Å². The fraction of sp³-hybridized carbons (Fsp3) is 0. The van der Waals surface area contributed by atoms with E-state index in [2.05, 4.69) is 95.6 Å². The van der Waals surface area contributed by atoms with E-state index < -0.39 is 4.90 Å². The van der Waals surface area contributed by atoms with Crippen molar-refractivity contribution in [2.45, 2.75) is 9.79 Å². The molecule has 11 heteroatoms. The first-order valence-corrected chi connectivity index (χ1v) is 15.8. The minimum atomic E-state index is -3.12. The second kappa shape index (κ2) is 9.16. The fourth-order valence-corrected chi connectivity index (χ4v) is 15.0. The molecule has 124 valence electrons. The Morgan fingerprint density at radius 1 is 0.696 bits per heavy atom. The molecule has 0 N–H and O–H groups in total. The van der Waals surface area contributed by atoms with Crippen LogP contribution in [0.1, 0.15) is 0 Å². The molecule has 0 atom stereocenters. The van der Waals surface area contributed by atoms with Gasteiger partial charge in [-0.05, 0) is 122 Å². The Morgan fingerprint density at radius 3 is 1.22 bits per heavy atom. The van der Waals surface area contributed by atoms with E-state index >= 15 is 0 Å². The maximum Gasteiger partial charge on any atom is 0.284 e. The van der Waals surface area contributed by atoms with Gasteiger partial charge in [-0.3, -0.25) is 4.57 Å². The molecule has 0 amide bonds. The van der Waals surface area contributed by atoms with Crippen LogP contribution in [-0.2, 0) is 4.57 Å². The van der Waals surface area contributed by atoms with Gasteiger partial charge in [0.05, 0.1) is 0 Å². The highest BCUT2D eigenvalue weighted by molar-refractivity contribution is 9.12. The highest BCUT2D eigenvalue weighted by atomic mass is 79.9. The number of hydrogen-bond donors (Lipinski definition) is 0. The molecule has 0 saturated heterocycles. The van der Waals surface area contributed by atoms with Gasteiger partial charge in [0.1, 0.15) is 0 Å². The molecule has 0 spiro atoms. The third-order valence-electron chi connectivity index (χ3n) is 2.33. The molecule has 0 bridgehead atoms. The minimum absolute atomic E-state index is 0.795. The smallest absolute Gasteiger partial charge is 0.282 e. The number of hydrogen-bond acceptors (Lipinski definition) is 3. The Balaban J connectivity index is 2.33. The topological polar surface area (TPSA) is 17.1 Å². The molecule has 2 rings (SSSR count). The average molecular weight is 774 g/mol. The van der Waals surface area contributed by atoms with Gasteiger partial charge < -0.3 is 0 Å². The molecule has 23 heavy (non-hydrogen) atoms. The normalized spacial score (nSPS) is 11.8. The molecule has 0 fully saturated rings. The van der Waals surface area contributed by atoms with Crippen LogP contribution in [0, 0.1) is 0 Å². The summed E-state index contributed by atoms with van der Waals surface area (Å²) in [6.07, 6.45) is 0. The van der Waals surface area contributed by atoms with Gasteiger partial charge in [-0.1, -0.05) is 31.9 Å². The average Bonchev–Trinajstić information content (AvgIpc) is 2.38. The van der Waals surface area contributed by atoms with Crippen molar-refractivity contribution in [1.29, 1.82) is 0 Å². The molecule has 0 radical (unpaired) electrons. The van der Waals surface area contributed by atoms with Crippen molar-refractivity contribution in [1.82, 2.24) is 0 Å². The van der Waals surface area contributed by atoms with Crippen LogP contribution in [0.3, 0.4) is 0 Å². The Hall–Kier alpha value is 2.54. The summed E-state index contributed by atoms with van der Waals surface area (Å²) in [4.78, 5) is -1.53. The molecule has 0 aliphatic carbocycles. The third-order valence-corrected chi connectivity index (χ3v) is 13.5. The second-order valence-electron chi connectivity index (χ2n) is 4.01. The Bertz CT molecular complexity index is 709. The van der Waals surface area contributed by atoms with Crippen LogP contribution in [0.5, 0.6) is 0 Å². The highest BCUT2D eigenvalue weighted by Crippen LogP contribution is 2.79. The number of rotatable bonds is 4. The molecule has 0 aliphatic heterocycles. The SMILES string of the molecule is O=P(Cl)(Sc1c(Br)cc(Br)cc1Br)Sc1c(Br)cc(Br)cc1Br. The van der Waals surface area contributed by atoms with Gasteiger partial charge >= 0.3 is 0 Å². The highest BCUT2D eigenvalue weighted by Gasteiger charge is 2.27. The van der Waals surface area contributed by atoms with Crippen LogP contribution in [0.4, 0.5) is 0 Å². The van der Waals surface area contributed by atoms with Crippen molar-refractivity contribution in [3.05, 3.63) is 51.1 Å². The maximum absolute atomic E-state index is 12.9.